The second kappa shape index (κ2) is 4.94. The molecule has 1 rings (SSSR count). The molecule has 2 unspecified atom stereocenters. The van der Waals surface area contributed by atoms with Gasteiger partial charge in [-0.2, -0.15) is 0 Å². The second-order valence-electron chi connectivity index (χ2n) is 4.81. The molecule has 1 saturated heterocycles. The number of ether oxygens (including phenoxy) is 1. The standard InChI is InChI=1S/C11H22N2O2/c1-4-8-5-6-9(15-8)10(14)13-11(2,3)7-12/h8-9H,4-7,12H2,1-3H3,(H,13,14). The molecule has 1 amide bonds. The molecule has 15 heavy (non-hydrogen) atoms. The van der Waals surface area contributed by atoms with Gasteiger partial charge in [0.25, 0.3) is 0 Å². The van der Waals surface area contributed by atoms with E-state index in [0.717, 1.165) is 19.3 Å². The van der Waals surface area contributed by atoms with E-state index in [0.29, 0.717) is 6.54 Å². The summed E-state index contributed by atoms with van der Waals surface area (Å²) in [6, 6.07) is 0. The number of nitrogens with one attached hydrogen (secondary N) is 1. The van der Waals surface area contributed by atoms with Gasteiger partial charge in [-0.1, -0.05) is 6.92 Å². The summed E-state index contributed by atoms with van der Waals surface area (Å²) >= 11 is 0. The fourth-order valence-corrected chi connectivity index (χ4v) is 1.66. The third-order valence-electron chi connectivity index (χ3n) is 2.83. The lowest BCUT2D eigenvalue weighted by atomic mass is 10.1. The molecule has 1 heterocycles. The Hall–Kier alpha value is -0.610. The summed E-state index contributed by atoms with van der Waals surface area (Å²) in [5.74, 6) is -0.0265. The lowest BCUT2D eigenvalue weighted by Gasteiger charge is -2.26. The number of hydrogen-bond donors (Lipinski definition) is 2. The van der Waals surface area contributed by atoms with Crippen molar-refractivity contribution in [2.45, 2.75) is 57.8 Å². The minimum Gasteiger partial charge on any atom is -0.365 e. The van der Waals surface area contributed by atoms with Gasteiger partial charge in [-0.05, 0) is 33.1 Å². The maximum Gasteiger partial charge on any atom is 0.249 e. The van der Waals surface area contributed by atoms with Gasteiger partial charge in [0.1, 0.15) is 6.10 Å². The van der Waals surface area contributed by atoms with Crippen LogP contribution in [0.1, 0.15) is 40.0 Å². The predicted molar refractivity (Wildman–Crippen MR) is 59.5 cm³/mol. The van der Waals surface area contributed by atoms with Crippen molar-refractivity contribution < 1.29 is 9.53 Å². The number of nitrogens with two attached hydrogens (primary N) is 1. The first-order valence-corrected chi connectivity index (χ1v) is 5.66. The number of amides is 1. The molecule has 0 aromatic rings. The summed E-state index contributed by atoms with van der Waals surface area (Å²) in [5, 5.41) is 2.90. The van der Waals surface area contributed by atoms with Crippen LogP contribution in [0.5, 0.6) is 0 Å². The first-order valence-electron chi connectivity index (χ1n) is 5.66. The van der Waals surface area contributed by atoms with Crippen LogP contribution < -0.4 is 11.1 Å². The molecule has 4 heteroatoms. The van der Waals surface area contributed by atoms with E-state index >= 15 is 0 Å². The van der Waals surface area contributed by atoms with Crippen molar-refractivity contribution in [3.8, 4) is 0 Å². The summed E-state index contributed by atoms with van der Waals surface area (Å²) in [7, 11) is 0. The third kappa shape index (κ3) is 3.47. The van der Waals surface area contributed by atoms with Crippen molar-refractivity contribution in [1.82, 2.24) is 5.32 Å². The first kappa shape index (κ1) is 12.5. The van der Waals surface area contributed by atoms with Gasteiger partial charge >= 0.3 is 0 Å². The Morgan fingerprint density at radius 3 is 2.67 bits per heavy atom. The highest BCUT2D eigenvalue weighted by molar-refractivity contribution is 5.81. The van der Waals surface area contributed by atoms with Crippen molar-refractivity contribution in [2.24, 2.45) is 5.73 Å². The molecule has 88 valence electrons. The molecule has 0 aromatic carbocycles. The summed E-state index contributed by atoms with van der Waals surface area (Å²) < 4.78 is 5.61. The van der Waals surface area contributed by atoms with E-state index in [1.165, 1.54) is 0 Å². The Bertz CT molecular complexity index is 229. The Kier molecular flexibility index (Phi) is 4.11. The van der Waals surface area contributed by atoms with Gasteiger partial charge in [0.2, 0.25) is 5.91 Å². The molecule has 1 fully saturated rings. The highest BCUT2D eigenvalue weighted by atomic mass is 16.5. The summed E-state index contributed by atoms with van der Waals surface area (Å²) in [4.78, 5) is 11.8. The molecular weight excluding hydrogens is 192 g/mol. The minimum atomic E-state index is -0.343. The maximum atomic E-state index is 11.8. The average Bonchev–Trinajstić information content (AvgIpc) is 2.65. The van der Waals surface area contributed by atoms with E-state index in [9.17, 15) is 4.79 Å². The van der Waals surface area contributed by atoms with Crippen molar-refractivity contribution in [2.75, 3.05) is 6.54 Å². The zero-order chi connectivity index (χ0) is 11.5. The van der Waals surface area contributed by atoms with Gasteiger partial charge in [-0.3, -0.25) is 4.79 Å². The van der Waals surface area contributed by atoms with Crippen LogP contribution in [0.25, 0.3) is 0 Å². The SMILES string of the molecule is CCC1CCC(C(=O)NC(C)(C)CN)O1. The second-order valence-corrected chi connectivity index (χ2v) is 4.81. The monoisotopic (exact) mass is 214 g/mol. The van der Waals surface area contributed by atoms with Crippen molar-refractivity contribution in [1.29, 1.82) is 0 Å². The highest BCUT2D eigenvalue weighted by Crippen LogP contribution is 2.22. The minimum absolute atomic E-state index is 0.0265. The van der Waals surface area contributed by atoms with Crippen LogP contribution in [0.4, 0.5) is 0 Å². The van der Waals surface area contributed by atoms with Crippen LogP contribution in [0, 0.1) is 0 Å². The van der Waals surface area contributed by atoms with Gasteiger partial charge in [0, 0.05) is 12.1 Å². The lowest BCUT2D eigenvalue weighted by Crippen LogP contribution is -2.52. The smallest absolute Gasteiger partial charge is 0.249 e. The topological polar surface area (TPSA) is 64.4 Å². The Balaban J connectivity index is 2.42. The van der Waals surface area contributed by atoms with E-state index in [1.54, 1.807) is 0 Å². The molecule has 1 aliphatic rings. The van der Waals surface area contributed by atoms with Gasteiger partial charge < -0.3 is 15.8 Å². The van der Waals surface area contributed by atoms with E-state index in [-0.39, 0.29) is 23.7 Å². The van der Waals surface area contributed by atoms with Gasteiger partial charge in [0.15, 0.2) is 0 Å². The fraction of sp³-hybridized carbons (Fsp3) is 0.909. The average molecular weight is 214 g/mol. The van der Waals surface area contributed by atoms with Crippen molar-refractivity contribution >= 4 is 5.91 Å². The molecule has 3 N–H and O–H groups in total. The van der Waals surface area contributed by atoms with Crippen LogP contribution in [-0.2, 0) is 9.53 Å². The molecular formula is C11H22N2O2. The number of hydrogen-bond acceptors (Lipinski definition) is 3. The Labute approximate surface area is 91.5 Å². The number of rotatable bonds is 4. The number of carbonyl (C=O) groups excluding carboxylic acids is 1. The molecule has 0 aromatic heterocycles. The first-order chi connectivity index (χ1) is 6.98. The molecule has 0 spiro atoms. The summed E-state index contributed by atoms with van der Waals surface area (Å²) in [6.07, 6.45) is 2.76. The van der Waals surface area contributed by atoms with E-state index in [1.807, 2.05) is 13.8 Å². The van der Waals surface area contributed by atoms with Crippen LogP contribution >= 0.6 is 0 Å². The Morgan fingerprint density at radius 1 is 1.53 bits per heavy atom. The highest BCUT2D eigenvalue weighted by Gasteiger charge is 2.31. The molecule has 0 aliphatic carbocycles. The zero-order valence-corrected chi connectivity index (χ0v) is 9.88. The van der Waals surface area contributed by atoms with E-state index in [2.05, 4.69) is 12.2 Å². The van der Waals surface area contributed by atoms with Crippen LogP contribution in [0.3, 0.4) is 0 Å². The molecule has 0 bridgehead atoms. The third-order valence-corrected chi connectivity index (χ3v) is 2.83. The Morgan fingerprint density at radius 2 is 2.20 bits per heavy atom. The molecule has 1 aliphatic heterocycles. The summed E-state index contributed by atoms with van der Waals surface area (Å²) in [6.45, 7) is 6.34. The maximum absolute atomic E-state index is 11.8. The molecule has 0 saturated carbocycles. The zero-order valence-electron chi connectivity index (χ0n) is 9.88. The molecule has 4 nitrogen and oxygen atoms in total. The lowest BCUT2D eigenvalue weighted by molar-refractivity contribution is -0.133. The normalized spacial score (nSPS) is 26.7. The van der Waals surface area contributed by atoms with Crippen molar-refractivity contribution in [3.63, 3.8) is 0 Å². The largest absolute Gasteiger partial charge is 0.365 e. The number of carbonyl (C=O) groups is 1. The van der Waals surface area contributed by atoms with Gasteiger partial charge in [0.05, 0.1) is 6.10 Å². The van der Waals surface area contributed by atoms with E-state index < -0.39 is 0 Å². The molecule has 2 atom stereocenters. The summed E-state index contributed by atoms with van der Waals surface area (Å²) in [5.41, 5.74) is 5.21. The van der Waals surface area contributed by atoms with Crippen molar-refractivity contribution in [3.05, 3.63) is 0 Å². The van der Waals surface area contributed by atoms with Gasteiger partial charge in [-0.25, -0.2) is 0 Å². The van der Waals surface area contributed by atoms with E-state index in [4.69, 9.17) is 10.5 Å². The van der Waals surface area contributed by atoms with Crippen LogP contribution in [0.15, 0.2) is 0 Å². The molecule has 0 radical (unpaired) electrons. The fourth-order valence-electron chi connectivity index (χ4n) is 1.66. The van der Waals surface area contributed by atoms with Crippen LogP contribution in [0.2, 0.25) is 0 Å². The van der Waals surface area contributed by atoms with Gasteiger partial charge in [-0.15, -0.1) is 0 Å². The quantitative estimate of drug-likeness (QED) is 0.727. The predicted octanol–water partition coefficient (Wildman–Crippen LogP) is 0.797. The van der Waals surface area contributed by atoms with Crippen LogP contribution in [-0.4, -0.2) is 30.2 Å².